The van der Waals surface area contributed by atoms with Gasteiger partial charge >= 0.3 is 6.09 Å². The third kappa shape index (κ3) is 6.46. The summed E-state index contributed by atoms with van der Waals surface area (Å²) in [5, 5.41) is 12.2. The molecule has 2 N–H and O–H groups in total. The van der Waals surface area contributed by atoms with Gasteiger partial charge in [-0.2, -0.15) is 0 Å². The maximum atomic E-state index is 12.8. The molecule has 3 rings (SSSR count). The number of carbonyl (C=O) groups excluding carboxylic acids is 1. The average Bonchev–Trinajstić information content (AvgIpc) is 2.78. The van der Waals surface area contributed by atoms with E-state index in [1.165, 1.54) is 4.90 Å². The molecule has 0 radical (unpaired) electrons. The van der Waals surface area contributed by atoms with Gasteiger partial charge in [0.25, 0.3) is 0 Å². The molecule has 0 saturated carbocycles. The molecule has 2 aromatic rings. The summed E-state index contributed by atoms with van der Waals surface area (Å²) in [6.45, 7) is 2.17. The number of benzene rings is 2. The first-order valence-corrected chi connectivity index (χ1v) is 10.7. The van der Waals surface area contributed by atoms with E-state index in [1.54, 1.807) is 7.05 Å². The van der Waals surface area contributed by atoms with Gasteiger partial charge in [0.15, 0.2) is 0 Å². The highest BCUT2D eigenvalue weighted by Crippen LogP contribution is 2.32. The van der Waals surface area contributed by atoms with Crippen LogP contribution >= 0.6 is 0 Å². The van der Waals surface area contributed by atoms with Crippen LogP contribution in [0.1, 0.15) is 30.9 Å². The number of amides is 2. The van der Waals surface area contributed by atoms with Crippen molar-refractivity contribution >= 4 is 17.7 Å². The van der Waals surface area contributed by atoms with Crippen molar-refractivity contribution in [3.8, 4) is 5.75 Å². The average molecular weight is 426 g/mol. The molecule has 0 aromatic heterocycles. The second-order valence-electron chi connectivity index (χ2n) is 8.07. The molecule has 166 valence electrons. The maximum Gasteiger partial charge on any atom is 0.407 e. The lowest BCUT2D eigenvalue weighted by Crippen LogP contribution is -2.36. The van der Waals surface area contributed by atoms with Crippen molar-refractivity contribution in [3.63, 3.8) is 0 Å². The number of carbonyl (C=O) groups is 2. The molecule has 7 heteroatoms. The van der Waals surface area contributed by atoms with Crippen molar-refractivity contribution in [1.29, 1.82) is 0 Å². The Morgan fingerprint density at radius 1 is 1.13 bits per heavy atom. The van der Waals surface area contributed by atoms with Crippen molar-refractivity contribution in [2.45, 2.75) is 25.4 Å². The van der Waals surface area contributed by atoms with E-state index in [9.17, 15) is 14.7 Å². The van der Waals surface area contributed by atoms with Crippen LogP contribution in [0, 0.1) is 5.92 Å². The van der Waals surface area contributed by atoms with Crippen LogP contribution < -0.4 is 10.1 Å². The van der Waals surface area contributed by atoms with Crippen LogP contribution in [0.15, 0.2) is 54.6 Å². The van der Waals surface area contributed by atoms with Crippen molar-refractivity contribution in [2.24, 2.45) is 5.92 Å². The van der Waals surface area contributed by atoms with Gasteiger partial charge in [-0.15, -0.1) is 0 Å². The third-order valence-electron chi connectivity index (χ3n) is 5.73. The first-order chi connectivity index (χ1) is 14.9. The number of hydrogen-bond acceptors (Lipinski definition) is 4. The Morgan fingerprint density at radius 2 is 1.77 bits per heavy atom. The number of ether oxygens (including phenoxy) is 1. The molecular formula is C24H31N3O4. The van der Waals surface area contributed by atoms with Gasteiger partial charge in [0, 0.05) is 25.9 Å². The fourth-order valence-electron chi connectivity index (χ4n) is 3.70. The summed E-state index contributed by atoms with van der Waals surface area (Å²) in [6.07, 6.45) is 0.866. The van der Waals surface area contributed by atoms with Crippen LogP contribution in [-0.2, 0) is 4.79 Å². The first-order valence-electron chi connectivity index (χ1n) is 10.7. The highest BCUT2D eigenvalue weighted by molar-refractivity contribution is 5.94. The largest absolute Gasteiger partial charge is 0.483 e. The summed E-state index contributed by atoms with van der Waals surface area (Å²) < 4.78 is 6.32. The normalized spacial score (nSPS) is 15.8. The number of nitrogens with one attached hydrogen (secondary N) is 1. The van der Waals surface area contributed by atoms with Crippen molar-refractivity contribution in [1.82, 2.24) is 9.80 Å². The van der Waals surface area contributed by atoms with E-state index < -0.39 is 6.09 Å². The summed E-state index contributed by atoms with van der Waals surface area (Å²) in [5.41, 5.74) is 1.59. The van der Waals surface area contributed by atoms with Crippen LogP contribution in [0.25, 0.3) is 0 Å². The van der Waals surface area contributed by atoms with Gasteiger partial charge < -0.3 is 25.0 Å². The van der Waals surface area contributed by atoms with Gasteiger partial charge in [0.05, 0.1) is 5.69 Å². The van der Waals surface area contributed by atoms with E-state index in [0.717, 1.165) is 31.5 Å². The molecular weight excluding hydrogens is 394 g/mol. The van der Waals surface area contributed by atoms with Gasteiger partial charge in [0.1, 0.15) is 11.9 Å². The summed E-state index contributed by atoms with van der Waals surface area (Å²) in [4.78, 5) is 27.5. The Labute approximate surface area is 183 Å². The molecule has 0 bridgehead atoms. The van der Waals surface area contributed by atoms with Gasteiger partial charge in [-0.05, 0) is 50.7 Å². The van der Waals surface area contributed by atoms with Crippen LogP contribution in [0.4, 0.5) is 10.5 Å². The Balaban J connectivity index is 1.73. The highest BCUT2D eigenvalue weighted by Gasteiger charge is 2.24. The smallest absolute Gasteiger partial charge is 0.407 e. The third-order valence-corrected chi connectivity index (χ3v) is 5.73. The number of anilines is 1. The number of hydrogen-bond donors (Lipinski definition) is 2. The summed E-state index contributed by atoms with van der Waals surface area (Å²) in [7, 11) is 3.61. The van der Waals surface area contributed by atoms with Crippen molar-refractivity contribution in [2.75, 3.05) is 39.0 Å². The minimum Gasteiger partial charge on any atom is -0.483 e. The van der Waals surface area contributed by atoms with Gasteiger partial charge in [0.2, 0.25) is 5.91 Å². The first kappa shape index (κ1) is 22.6. The number of nitrogens with zero attached hydrogens (tertiary/aromatic N) is 2. The van der Waals surface area contributed by atoms with Crippen LogP contribution in [0.3, 0.4) is 0 Å². The van der Waals surface area contributed by atoms with E-state index in [2.05, 4.69) is 17.3 Å². The van der Waals surface area contributed by atoms with E-state index in [-0.39, 0.29) is 17.9 Å². The lowest BCUT2D eigenvalue weighted by molar-refractivity contribution is -0.121. The van der Waals surface area contributed by atoms with Crippen molar-refractivity contribution in [3.05, 3.63) is 60.2 Å². The number of piperidine rings is 1. The van der Waals surface area contributed by atoms with Crippen molar-refractivity contribution < 1.29 is 19.4 Å². The molecule has 1 atom stereocenters. The molecule has 1 aliphatic heterocycles. The zero-order valence-corrected chi connectivity index (χ0v) is 18.2. The zero-order valence-electron chi connectivity index (χ0n) is 18.2. The molecule has 1 saturated heterocycles. The van der Waals surface area contributed by atoms with Gasteiger partial charge in [-0.3, -0.25) is 4.79 Å². The number of rotatable bonds is 8. The van der Waals surface area contributed by atoms with E-state index >= 15 is 0 Å². The quantitative estimate of drug-likeness (QED) is 0.666. The molecule has 7 nitrogen and oxygen atoms in total. The van der Waals surface area contributed by atoms with Gasteiger partial charge in [-0.1, -0.05) is 42.5 Å². The summed E-state index contributed by atoms with van der Waals surface area (Å²) in [6, 6.07) is 17.1. The molecule has 0 spiro atoms. The van der Waals surface area contributed by atoms with Crippen LogP contribution in [0.5, 0.6) is 5.75 Å². The fourth-order valence-corrected chi connectivity index (χ4v) is 3.70. The molecule has 1 heterocycles. The molecule has 1 unspecified atom stereocenters. The number of para-hydroxylation sites is 2. The fraction of sp³-hybridized carbons (Fsp3) is 0.417. The molecule has 1 aliphatic rings. The predicted molar refractivity (Wildman–Crippen MR) is 120 cm³/mol. The molecule has 1 fully saturated rings. The SMILES string of the molecule is CN1CCC(C(=O)Nc2ccccc2OC(CCN(C)C(=O)O)c2ccccc2)CC1. The standard InChI is InChI=1S/C24H31N3O4/c1-26-15-12-19(13-16-26)23(28)25-20-10-6-7-11-22(20)31-21(14-17-27(2)24(29)30)18-8-4-3-5-9-18/h3-11,19,21H,12-17H2,1-2H3,(H,25,28)(H,29,30). The molecule has 0 aliphatic carbocycles. The Bertz CT molecular complexity index is 866. The second-order valence-corrected chi connectivity index (χ2v) is 8.07. The Hall–Kier alpha value is -3.06. The molecule has 2 aromatic carbocycles. The zero-order chi connectivity index (χ0) is 22.2. The van der Waals surface area contributed by atoms with Crippen LogP contribution in [0.2, 0.25) is 0 Å². The lowest BCUT2D eigenvalue weighted by atomic mass is 9.96. The van der Waals surface area contributed by atoms with E-state index in [1.807, 2.05) is 54.6 Å². The predicted octanol–water partition coefficient (Wildman–Crippen LogP) is 4.09. The monoisotopic (exact) mass is 425 g/mol. The maximum absolute atomic E-state index is 12.8. The van der Waals surface area contributed by atoms with E-state index in [0.29, 0.717) is 24.4 Å². The highest BCUT2D eigenvalue weighted by atomic mass is 16.5. The molecule has 2 amide bonds. The van der Waals surface area contributed by atoms with Crippen LogP contribution in [-0.4, -0.2) is 60.6 Å². The topological polar surface area (TPSA) is 82.1 Å². The Morgan fingerprint density at radius 3 is 2.45 bits per heavy atom. The number of carboxylic acid groups (broad SMARTS) is 1. The van der Waals surface area contributed by atoms with Gasteiger partial charge in [-0.25, -0.2) is 4.79 Å². The lowest BCUT2D eigenvalue weighted by Gasteiger charge is -2.28. The number of likely N-dealkylation sites (tertiary alicyclic amines) is 1. The minimum absolute atomic E-state index is 0.00149. The minimum atomic E-state index is -0.974. The second kappa shape index (κ2) is 10.8. The van der Waals surface area contributed by atoms with E-state index in [4.69, 9.17) is 4.74 Å². The summed E-state index contributed by atoms with van der Waals surface area (Å²) >= 11 is 0. The Kier molecular flexibility index (Phi) is 7.89. The molecule has 31 heavy (non-hydrogen) atoms. The summed E-state index contributed by atoms with van der Waals surface area (Å²) in [5.74, 6) is 0.597.